The molecule has 17 heavy (non-hydrogen) atoms. The molecule has 1 heterocycles. The van der Waals surface area contributed by atoms with Gasteiger partial charge in [-0.25, -0.2) is 0 Å². The Morgan fingerprint density at radius 3 is 2.53 bits per heavy atom. The van der Waals surface area contributed by atoms with Crippen LogP contribution >= 0.6 is 0 Å². The van der Waals surface area contributed by atoms with Crippen molar-refractivity contribution in [3.63, 3.8) is 0 Å². The Bertz CT molecular complexity index is 372. The number of aromatic nitrogens is 1. The zero-order valence-corrected chi connectivity index (χ0v) is 9.98. The van der Waals surface area contributed by atoms with Crippen molar-refractivity contribution in [2.45, 2.75) is 37.6 Å². The second-order valence-electron chi connectivity index (χ2n) is 4.74. The predicted molar refractivity (Wildman–Crippen MR) is 66.6 cm³/mol. The first-order valence-corrected chi connectivity index (χ1v) is 6.18. The van der Waals surface area contributed by atoms with Crippen molar-refractivity contribution in [1.82, 2.24) is 10.3 Å². The molecule has 1 aromatic heterocycles. The monoisotopic (exact) mass is 233 g/mol. The number of nitrogens with one attached hydrogen (secondary N) is 1. The summed E-state index contributed by atoms with van der Waals surface area (Å²) in [6, 6.07) is 3.45. The van der Waals surface area contributed by atoms with Crippen LogP contribution in [0.15, 0.2) is 24.5 Å². The van der Waals surface area contributed by atoms with Gasteiger partial charge in [0.15, 0.2) is 0 Å². The standard InChI is InChI=1S/C13H19N3O/c14-10-13(6-2-1-3-7-13)16-12(17)11-4-8-15-9-5-11/h4-5,8-9H,1-3,6-7,10,14H2,(H,16,17). The topological polar surface area (TPSA) is 68.0 Å². The lowest BCUT2D eigenvalue weighted by atomic mass is 9.81. The van der Waals surface area contributed by atoms with Gasteiger partial charge < -0.3 is 11.1 Å². The fourth-order valence-corrected chi connectivity index (χ4v) is 2.43. The van der Waals surface area contributed by atoms with E-state index in [1.807, 2.05) is 0 Å². The lowest BCUT2D eigenvalue weighted by Crippen LogP contribution is -2.54. The summed E-state index contributed by atoms with van der Waals surface area (Å²) in [7, 11) is 0. The molecule has 0 spiro atoms. The highest BCUT2D eigenvalue weighted by molar-refractivity contribution is 5.94. The van der Waals surface area contributed by atoms with Gasteiger partial charge in [0, 0.05) is 24.5 Å². The van der Waals surface area contributed by atoms with Crippen LogP contribution in [0.1, 0.15) is 42.5 Å². The number of carbonyl (C=O) groups is 1. The van der Waals surface area contributed by atoms with E-state index in [0.717, 1.165) is 25.7 Å². The molecule has 0 unspecified atom stereocenters. The first-order chi connectivity index (χ1) is 8.26. The van der Waals surface area contributed by atoms with Gasteiger partial charge >= 0.3 is 0 Å². The third-order valence-electron chi connectivity index (χ3n) is 3.52. The van der Waals surface area contributed by atoms with Crippen LogP contribution in [-0.4, -0.2) is 23.0 Å². The fraction of sp³-hybridized carbons (Fsp3) is 0.538. The van der Waals surface area contributed by atoms with Gasteiger partial charge in [-0.2, -0.15) is 0 Å². The van der Waals surface area contributed by atoms with Gasteiger partial charge in [0.1, 0.15) is 0 Å². The van der Waals surface area contributed by atoms with Crippen LogP contribution in [0.25, 0.3) is 0 Å². The second kappa shape index (κ2) is 5.27. The highest BCUT2D eigenvalue weighted by atomic mass is 16.1. The van der Waals surface area contributed by atoms with Gasteiger partial charge in [-0.15, -0.1) is 0 Å². The van der Waals surface area contributed by atoms with Gasteiger partial charge in [0.25, 0.3) is 5.91 Å². The largest absolute Gasteiger partial charge is 0.345 e. The summed E-state index contributed by atoms with van der Waals surface area (Å²) in [5.41, 5.74) is 6.29. The number of rotatable bonds is 3. The summed E-state index contributed by atoms with van der Waals surface area (Å²) < 4.78 is 0. The molecule has 4 nitrogen and oxygen atoms in total. The van der Waals surface area contributed by atoms with Gasteiger partial charge in [-0.3, -0.25) is 9.78 Å². The molecule has 0 atom stereocenters. The Hall–Kier alpha value is -1.42. The molecule has 1 aromatic rings. The maximum atomic E-state index is 12.1. The summed E-state index contributed by atoms with van der Waals surface area (Å²) in [6.45, 7) is 0.518. The Kier molecular flexibility index (Phi) is 3.74. The van der Waals surface area contributed by atoms with Crippen molar-refractivity contribution >= 4 is 5.91 Å². The average Bonchev–Trinajstić information content (AvgIpc) is 2.41. The Balaban J connectivity index is 2.06. The SMILES string of the molecule is NCC1(NC(=O)c2ccncc2)CCCCC1. The number of pyridine rings is 1. The van der Waals surface area contributed by atoms with Crippen molar-refractivity contribution in [3.05, 3.63) is 30.1 Å². The Morgan fingerprint density at radius 1 is 1.29 bits per heavy atom. The molecule has 0 radical (unpaired) electrons. The Morgan fingerprint density at radius 2 is 1.94 bits per heavy atom. The quantitative estimate of drug-likeness (QED) is 0.830. The minimum atomic E-state index is -0.196. The molecule has 0 bridgehead atoms. The molecule has 1 saturated carbocycles. The van der Waals surface area contributed by atoms with Crippen LogP contribution in [0.4, 0.5) is 0 Å². The maximum Gasteiger partial charge on any atom is 0.251 e. The predicted octanol–water partition coefficient (Wildman–Crippen LogP) is 1.47. The molecular weight excluding hydrogens is 214 g/mol. The fourth-order valence-electron chi connectivity index (χ4n) is 2.43. The van der Waals surface area contributed by atoms with E-state index in [0.29, 0.717) is 12.1 Å². The van der Waals surface area contributed by atoms with E-state index in [4.69, 9.17) is 5.73 Å². The van der Waals surface area contributed by atoms with Gasteiger partial charge in [0.2, 0.25) is 0 Å². The van der Waals surface area contributed by atoms with E-state index >= 15 is 0 Å². The average molecular weight is 233 g/mol. The highest BCUT2D eigenvalue weighted by Crippen LogP contribution is 2.27. The molecule has 92 valence electrons. The van der Waals surface area contributed by atoms with E-state index in [-0.39, 0.29) is 11.4 Å². The van der Waals surface area contributed by atoms with E-state index < -0.39 is 0 Å². The van der Waals surface area contributed by atoms with Crippen LogP contribution in [-0.2, 0) is 0 Å². The molecule has 1 fully saturated rings. The smallest absolute Gasteiger partial charge is 0.251 e. The zero-order chi connectivity index (χ0) is 12.1. The minimum Gasteiger partial charge on any atom is -0.345 e. The second-order valence-corrected chi connectivity index (χ2v) is 4.74. The van der Waals surface area contributed by atoms with Crippen molar-refractivity contribution in [2.75, 3.05) is 6.54 Å². The number of amides is 1. The van der Waals surface area contributed by atoms with Gasteiger partial charge in [0.05, 0.1) is 5.54 Å². The van der Waals surface area contributed by atoms with E-state index in [2.05, 4.69) is 10.3 Å². The summed E-state index contributed by atoms with van der Waals surface area (Å²) in [4.78, 5) is 16.0. The lowest BCUT2D eigenvalue weighted by Gasteiger charge is -2.37. The molecule has 0 aliphatic heterocycles. The van der Waals surface area contributed by atoms with Crippen molar-refractivity contribution in [3.8, 4) is 0 Å². The summed E-state index contributed by atoms with van der Waals surface area (Å²) in [5, 5.41) is 3.11. The third kappa shape index (κ3) is 2.82. The molecule has 1 aliphatic carbocycles. The van der Waals surface area contributed by atoms with Crippen molar-refractivity contribution in [1.29, 1.82) is 0 Å². The zero-order valence-electron chi connectivity index (χ0n) is 9.98. The van der Waals surface area contributed by atoms with Crippen LogP contribution in [0.3, 0.4) is 0 Å². The van der Waals surface area contributed by atoms with Crippen LogP contribution in [0.2, 0.25) is 0 Å². The molecule has 0 saturated heterocycles. The van der Waals surface area contributed by atoms with Gasteiger partial charge in [-0.1, -0.05) is 19.3 Å². The molecule has 1 aliphatic rings. The molecule has 3 N–H and O–H groups in total. The minimum absolute atomic E-state index is 0.0419. The first kappa shape index (κ1) is 12.0. The summed E-state index contributed by atoms with van der Waals surface area (Å²) in [5.74, 6) is -0.0419. The summed E-state index contributed by atoms with van der Waals surface area (Å²) in [6.07, 6.45) is 8.77. The van der Waals surface area contributed by atoms with Crippen LogP contribution in [0.5, 0.6) is 0 Å². The van der Waals surface area contributed by atoms with E-state index in [1.54, 1.807) is 24.5 Å². The van der Waals surface area contributed by atoms with E-state index in [1.165, 1.54) is 6.42 Å². The normalized spacial score (nSPS) is 18.6. The number of hydrogen-bond donors (Lipinski definition) is 2. The highest BCUT2D eigenvalue weighted by Gasteiger charge is 2.32. The van der Waals surface area contributed by atoms with Gasteiger partial charge in [-0.05, 0) is 25.0 Å². The first-order valence-electron chi connectivity index (χ1n) is 6.18. The molecule has 4 heteroatoms. The number of hydrogen-bond acceptors (Lipinski definition) is 3. The summed E-state index contributed by atoms with van der Waals surface area (Å²) >= 11 is 0. The Labute approximate surface area is 102 Å². The third-order valence-corrected chi connectivity index (χ3v) is 3.52. The number of nitrogens with zero attached hydrogens (tertiary/aromatic N) is 1. The van der Waals surface area contributed by atoms with Crippen molar-refractivity contribution in [2.24, 2.45) is 5.73 Å². The maximum absolute atomic E-state index is 12.1. The lowest BCUT2D eigenvalue weighted by molar-refractivity contribution is 0.0874. The molecule has 2 rings (SSSR count). The number of carbonyl (C=O) groups excluding carboxylic acids is 1. The van der Waals surface area contributed by atoms with Crippen molar-refractivity contribution < 1.29 is 4.79 Å². The molecular formula is C13H19N3O. The molecule has 0 aromatic carbocycles. The van der Waals surface area contributed by atoms with Crippen LogP contribution < -0.4 is 11.1 Å². The van der Waals surface area contributed by atoms with Crippen LogP contribution in [0, 0.1) is 0 Å². The number of nitrogens with two attached hydrogens (primary N) is 1. The van der Waals surface area contributed by atoms with E-state index in [9.17, 15) is 4.79 Å². The molecule has 1 amide bonds.